The Morgan fingerprint density at radius 3 is 2.53 bits per heavy atom. The molecule has 1 aromatic carbocycles. The topological polar surface area (TPSA) is 66.4 Å². The molecule has 2 N–H and O–H groups in total. The van der Waals surface area contributed by atoms with Crippen LogP contribution in [0.2, 0.25) is 0 Å². The predicted octanol–water partition coefficient (Wildman–Crippen LogP) is 2.19. The normalized spacial score (nSPS) is 17.0. The van der Waals surface area contributed by atoms with Gasteiger partial charge in [0.15, 0.2) is 0 Å². The van der Waals surface area contributed by atoms with Crippen LogP contribution in [-0.4, -0.2) is 17.0 Å². The summed E-state index contributed by atoms with van der Waals surface area (Å²) >= 11 is 0. The molecule has 0 unspecified atom stereocenters. The number of amides is 1. The van der Waals surface area contributed by atoms with Gasteiger partial charge in [-0.2, -0.15) is 0 Å². The molecule has 0 aliphatic heterocycles. The molecule has 1 amide bonds. The predicted molar refractivity (Wildman–Crippen MR) is 63.7 cm³/mol. The third-order valence-corrected chi connectivity index (χ3v) is 3.33. The van der Waals surface area contributed by atoms with Gasteiger partial charge in [-0.15, -0.1) is 0 Å². The van der Waals surface area contributed by atoms with Crippen molar-refractivity contribution < 1.29 is 14.7 Å². The lowest BCUT2D eigenvalue weighted by Crippen LogP contribution is -2.48. The molecule has 90 valence electrons. The van der Waals surface area contributed by atoms with Gasteiger partial charge in [-0.25, -0.2) is 0 Å². The second-order valence-electron chi connectivity index (χ2n) is 4.56. The Morgan fingerprint density at radius 1 is 1.35 bits per heavy atom. The van der Waals surface area contributed by atoms with E-state index in [0.717, 1.165) is 12.0 Å². The van der Waals surface area contributed by atoms with Crippen LogP contribution in [0.3, 0.4) is 0 Å². The number of rotatable bonds is 3. The summed E-state index contributed by atoms with van der Waals surface area (Å²) in [5.74, 6) is -1.42. The zero-order valence-electron chi connectivity index (χ0n) is 9.69. The molecule has 0 spiro atoms. The molecule has 1 saturated carbocycles. The van der Waals surface area contributed by atoms with Crippen LogP contribution >= 0.6 is 0 Å². The summed E-state index contributed by atoms with van der Waals surface area (Å²) in [6.45, 7) is 1.92. The molecule has 17 heavy (non-hydrogen) atoms. The first-order valence-electron chi connectivity index (χ1n) is 5.66. The third-order valence-electron chi connectivity index (χ3n) is 3.33. The maximum Gasteiger partial charge on any atom is 0.319 e. The van der Waals surface area contributed by atoms with E-state index in [9.17, 15) is 9.59 Å². The molecule has 4 nitrogen and oxygen atoms in total. The molecule has 0 saturated heterocycles. The highest BCUT2D eigenvalue weighted by Gasteiger charge is 2.51. The first-order chi connectivity index (χ1) is 8.04. The van der Waals surface area contributed by atoms with Gasteiger partial charge in [-0.05, 0) is 37.5 Å². The van der Waals surface area contributed by atoms with Gasteiger partial charge >= 0.3 is 5.97 Å². The standard InChI is InChI=1S/C13H15NO3/c1-9-4-2-5-10(8-9)14-11(15)13(12(16)17)6-3-7-13/h2,4-5,8H,3,6-7H2,1H3,(H,14,15)(H,16,17). The SMILES string of the molecule is Cc1cccc(NC(=O)C2(C(=O)O)CCC2)c1. The van der Waals surface area contributed by atoms with Crippen molar-refractivity contribution in [1.29, 1.82) is 0 Å². The van der Waals surface area contributed by atoms with Crippen LogP contribution in [0.4, 0.5) is 5.69 Å². The summed E-state index contributed by atoms with van der Waals surface area (Å²) in [6, 6.07) is 7.34. The van der Waals surface area contributed by atoms with Gasteiger partial charge in [0.1, 0.15) is 5.41 Å². The van der Waals surface area contributed by atoms with E-state index < -0.39 is 17.3 Å². The number of carbonyl (C=O) groups is 2. The molecule has 1 fully saturated rings. The van der Waals surface area contributed by atoms with Gasteiger partial charge in [0, 0.05) is 5.69 Å². The maximum absolute atomic E-state index is 12.0. The zero-order chi connectivity index (χ0) is 12.5. The van der Waals surface area contributed by atoms with E-state index >= 15 is 0 Å². The van der Waals surface area contributed by atoms with E-state index in [1.165, 1.54) is 0 Å². The molecular formula is C13H15NO3. The van der Waals surface area contributed by atoms with Crippen molar-refractivity contribution in [3.05, 3.63) is 29.8 Å². The number of anilines is 1. The van der Waals surface area contributed by atoms with E-state index in [2.05, 4.69) is 5.32 Å². The number of hydrogen-bond acceptors (Lipinski definition) is 2. The largest absolute Gasteiger partial charge is 0.480 e. The molecule has 0 bridgehead atoms. The van der Waals surface area contributed by atoms with Crippen LogP contribution < -0.4 is 5.32 Å². The van der Waals surface area contributed by atoms with Crippen LogP contribution in [0, 0.1) is 12.3 Å². The maximum atomic E-state index is 12.0. The number of benzene rings is 1. The van der Waals surface area contributed by atoms with Crippen LogP contribution in [0.5, 0.6) is 0 Å². The number of carbonyl (C=O) groups excluding carboxylic acids is 1. The molecule has 0 heterocycles. The van der Waals surface area contributed by atoms with E-state index in [4.69, 9.17) is 5.11 Å². The molecule has 0 radical (unpaired) electrons. The second-order valence-corrected chi connectivity index (χ2v) is 4.56. The fourth-order valence-corrected chi connectivity index (χ4v) is 2.04. The highest BCUT2D eigenvalue weighted by molar-refractivity contribution is 6.09. The Balaban J connectivity index is 2.14. The third kappa shape index (κ3) is 2.02. The lowest BCUT2D eigenvalue weighted by Gasteiger charge is -2.35. The average Bonchev–Trinajstić information content (AvgIpc) is 2.14. The van der Waals surface area contributed by atoms with Crippen molar-refractivity contribution in [3.8, 4) is 0 Å². The van der Waals surface area contributed by atoms with Crippen molar-refractivity contribution in [1.82, 2.24) is 0 Å². The fraction of sp³-hybridized carbons (Fsp3) is 0.385. The summed E-state index contributed by atoms with van der Waals surface area (Å²) < 4.78 is 0. The van der Waals surface area contributed by atoms with Gasteiger partial charge in [0.25, 0.3) is 0 Å². The van der Waals surface area contributed by atoms with E-state index in [0.29, 0.717) is 18.5 Å². The van der Waals surface area contributed by atoms with Crippen molar-refractivity contribution in [2.24, 2.45) is 5.41 Å². The lowest BCUT2D eigenvalue weighted by atomic mass is 9.68. The number of nitrogens with one attached hydrogen (secondary N) is 1. The number of aliphatic carboxylic acids is 1. The first-order valence-corrected chi connectivity index (χ1v) is 5.66. The minimum atomic E-state index is -1.20. The van der Waals surface area contributed by atoms with Gasteiger partial charge in [-0.3, -0.25) is 9.59 Å². The Hall–Kier alpha value is -1.84. The Labute approximate surface area is 99.6 Å². The van der Waals surface area contributed by atoms with Crippen LogP contribution in [0.15, 0.2) is 24.3 Å². The van der Waals surface area contributed by atoms with Crippen molar-refractivity contribution >= 4 is 17.6 Å². The number of carboxylic acid groups (broad SMARTS) is 1. The second kappa shape index (κ2) is 4.20. The van der Waals surface area contributed by atoms with Crippen molar-refractivity contribution in [2.75, 3.05) is 5.32 Å². The Bertz CT molecular complexity index is 463. The van der Waals surface area contributed by atoms with Gasteiger partial charge < -0.3 is 10.4 Å². The molecular weight excluding hydrogens is 218 g/mol. The number of carboxylic acids is 1. The van der Waals surface area contributed by atoms with Crippen molar-refractivity contribution in [3.63, 3.8) is 0 Å². The van der Waals surface area contributed by atoms with E-state index in [1.807, 2.05) is 25.1 Å². The molecule has 0 aromatic heterocycles. The van der Waals surface area contributed by atoms with Crippen LogP contribution in [-0.2, 0) is 9.59 Å². The summed E-state index contributed by atoms with van der Waals surface area (Å²) in [5, 5.41) is 11.8. The van der Waals surface area contributed by atoms with Gasteiger partial charge in [-0.1, -0.05) is 18.6 Å². The lowest BCUT2D eigenvalue weighted by molar-refractivity contribution is -0.159. The number of hydrogen-bond donors (Lipinski definition) is 2. The minimum absolute atomic E-state index is 0.401. The average molecular weight is 233 g/mol. The molecule has 2 rings (SSSR count). The Kier molecular flexibility index (Phi) is 2.88. The summed E-state index contributed by atoms with van der Waals surface area (Å²) in [7, 11) is 0. The summed E-state index contributed by atoms with van der Waals surface area (Å²) in [5.41, 5.74) is 0.479. The highest BCUT2D eigenvalue weighted by atomic mass is 16.4. The van der Waals surface area contributed by atoms with E-state index in [-0.39, 0.29) is 0 Å². The highest BCUT2D eigenvalue weighted by Crippen LogP contribution is 2.42. The van der Waals surface area contributed by atoms with Gasteiger partial charge in [0.05, 0.1) is 0 Å². The van der Waals surface area contributed by atoms with E-state index in [1.54, 1.807) is 6.07 Å². The monoisotopic (exact) mass is 233 g/mol. The molecule has 1 aliphatic rings. The molecule has 4 heteroatoms. The smallest absolute Gasteiger partial charge is 0.319 e. The Morgan fingerprint density at radius 2 is 2.06 bits per heavy atom. The van der Waals surface area contributed by atoms with Crippen LogP contribution in [0.1, 0.15) is 24.8 Å². The fourth-order valence-electron chi connectivity index (χ4n) is 2.04. The molecule has 0 atom stereocenters. The first kappa shape index (κ1) is 11.6. The quantitative estimate of drug-likeness (QED) is 0.786. The van der Waals surface area contributed by atoms with Crippen molar-refractivity contribution in [2.45, 2.75) is 26.2 Å². The van der Waals surface area contributed by atoms with Crippen LogP contribution in [0.25, 0.3) is 0 Å². The van der Waals surface area contributed by atoms with Gasteiger partial charge in [0.2, 0.25) is 5.91 Å². The summed E-state index contributed by atoms with van der Waals surface area (Å²) in [4.78, 5) is 23.1. The minimum Gasteiger partial charge on any atom is -0.480 e. The molecule has 1 aromatic rings. The number of aryl methyl sites for hydroxylation is 1. The summed E-state index contributed by atoms with van der Waals surface area (Å²) in [6.07, 6.45) is 1.66. The zero-order valence-corrected chi connectivity index (χ0v) is 9.69. The molecule has 1 aliphatic carbocycles.